The van der Waals surface area contributed by atoms with E-state index in [4.69, 9.17) is 0 Å². The maximum atomic E-state index is 12.4. The summed E-state index contributed by atoms with van der Waals surface area (Å²) in [5.74, 6) is 0.263. The second-order valence-electron chi connectivity index (χ2n) is 6.15. The smallest absolute Gasteiger partial charge is 0.283 e. The second-order valence-corrected chi connectivity index (χ2v) is 8.81. The van der Waals surface area contributed by atoms with Gasteiger partial charge in [0.05, 0.1) is 15.6 Å². The molecule has 0 saturated carbocycles. The summed E-state index contributed by atoms with van der Waals surface area (Å²) < 4.78 is 28.7. The number of sulfonamides is 1. The van der Waals surface area contributed by atoms with Gasteiger partial charge in [-0.1, -0.05) is 0 Å². The van der Waals surface area contributed by atoms with E-state index < -0.39 is 10.0 Å². The van der Waals surface area contributed by atoms with Crippen LogP contribution in [0.25, 0.3) is 6.08 Å². The van der Waals surface area contributed by atoms with Crippen LogP contribution in [0.15, 0.2) is 45.0 Å². The molecule has 1 aromatic carbocycles. The van der Waals surface area contributed by atoms with Crippen LogP contribution in [0, 0.1) is 6.92 Å². The Hall–Kier alpha value is -2.52. The topological polar surface area (TPSA) is 91.7 Å². The van der Waals surface area contributed by atoms with E-state index in [1.165, 1.54) is 29.5 Å². The van der Waals surface area contributed by atoms with Crippen LogP contribution >= 0.6 is 11.3 Å². The van der Waals surface area contributed by atoms with E-state index in [0.717, 1.165) is 23.7 Å². The van der Waals surface area contributed by atoms with Crippen molar-refractivity contribution in [3.05, 3.63) is 46.4 Å². The minimum Gasteiger partial charge on any atom is -0.362 e. The molecule has 0 aliphatic carbocycles. The third-order valence-electron chi connectivity index (χ3n) is 4.02. The standard InChI is InChI=1S/C18H20N4O3S2/c1-13-19-15(12-26-13)7-10-18(23)20-14-5-8-16(9-6-14)27(24,25)21-17-4-3-11-22(17)2/h5-10,12H,3-4,11H2,1-2H3,(H,20,23)/b10-7+,21-17+. The Bertz CT molecular complexity index is 992. The molecule has 142 valence electrons. The number of amides is 1. The summed E-state index contributed by atoms with van der Waals surface area (Å²) in [7, 11) is -1.92. The maximum Gasteiger partial charge on any atom is 0.283 e. The zero-order chi connectivity index (χ0) is 19.4. The molecule has 1 N–H and O–H groups in total. The molecule has 27 heavy (non-hydrogen) atoms. The number of anilines is 1. The van der Waals surface area contributed by atoms with Gasteiger partial charge in [-0.3, -0.25) is 4.79 Å². The fourth-order valence-corrected chi connectivity index (χ4v) is 4.29. The highest BCUT2D eigenvalue weighted by molar-refractivity contribution is 7.90. The van der Waals surface area contributed by atoms with Gasteiger partial charge in [0.2, 0.25) is 5.91 Å². The number of hydrogen-bond donors (Lipinski definition) is 1. The van der Waals surface area contributed by atoms with Crippen LogP contribution in [0.3, 0.4) is 0 Å². The van der Waals surface area contributed by atoms with Crippen molar-refractivity contribution in [1.82, 2.24) is 9.88 Å². The number of amidine groups is 1. The van der Waals surface area contributed by atoms with Gasteiger partial charge in [-0.05, 0) is 43.7 Å². The van der Waals surface area contributed by atoms with Gasteiger partial charge >= 0.3 is 0 Å². The number of thiazole rings is 1. The average molecular weight is 405 g/mol. The summed E-state index contributed by atoms with van der Waals surface area (Å²) in [4.78, 5) is 18.2. The lowest BCUT2D eigenvalue weighted by molar-refractivity contribution is -0.111. The highest BCUT2D eigenvalue weighted by Crippen LogP contribution is 2.19. The second kappa shape index (κ2) is 8.01. The highest BCUT2D eigenvalue weighted by atomic mass is 32.2. The molecular weight excluding hydrogens is 384 g/mol. The molecular formula is C18H20N4O3S2. The summed E-state index contributed by atoms with van der Waals surface area (Å²) in [6.45, 7) is 2.71. The van der Waals surface area contributed by atoms with Crippen molar-refractivity contribution in [2.75, 3.05) is 18.9 Å². The van der Waals surface area contributed by atoms with Crippen molar-refractivity contribution < 1.29 is 13.2 Å². The summed E-state index contributed by atoms with van der Waals surface area (Å²) in [6, 6.07) is 5.98. The number of benzene rings is 1. The van der Waals surface area contributed by atoms with Crippen molar-refractivity contribution in [1.29, 1.82) is 0 Å². The zero-order valence-electron chi connectivity index (χ0n) is 15.0. The molecule has 1 aliphatic heterocycles. The number of nitrogens with zero attached hydrogens (tertiary/aromatic N) is 3. The molecule has 1 aliphatic rings. The number of rotatable bonds is 5. The van der Waals surface area contributed by atoms with Crippen LogP contribution in [-0.4, -0.2) is 43.6 Å². The number of carbonyl (C=O) groups excluding carboxylic acids is 1. The average Bonchev–Trinajstić information content (AvgIpc) is 3.22. The quantitative estimate of drug-likeness (QED) is 0.774. The van der Waals surface area contributed by atoms with Gasteiger partial charge in [0, 0.05) is 37.2 Å². The first-order chi connectivity index (χ1) is 12.8. The molecule has 9 heteroatoms. The lowest BCUT2D eigenvalue weighted by Crippen LogP contribution is -2.20. The van der Waals surface area contributed by atoms with E-state index in [2.05, 4.69) is 14.7 Å². The van der Waals surface area contributed by atoms with Gasteiger partial charge in [0.25, 0.3) is 10.0 Å². The van der Waals surface area contributed by atoms with Gasteiger partial charge in [-0.25, -0.2) is 4.98 Å². The molecule has 2 aromatic rings. The Morgan fingerprint density at radius 3 is 2.67 bits per heavy atom. The Morgan fingerprint density at radius 1 is 1.33 bits per heavy atom. The minimum absolute atomic E-state index is 0.0989. The number of nitrogens with one attached hydrogen (secondary N) is 1. The number of aromatic nitrogens is 1. The Balaban J connectivity index is 1.66. The summed E-state index contributed by atoms with van der Waals surface area (Å²) in [5, 5.41) is 5.48. The van der Waals surface area contributed by atoms with Crippen molar-refractivity contribution in [3.63, 3.8) is 0 Å². The molecule has 0 atom stereocenters. The molecule has 0 spiro atoms. The van der Waals surface area contributed by atoms with E-state index in [9.17, 15) is 13.2 Å². The van der Waals surface area contributed by atoms with E-state index in [0.29, 0.717) is 17.9 Å². The number of likely N-dealkylation sites (tertiary alicyclic amines) is 1. The first-order valence-electron chi connectivity index (χ1n) is 8.40. The van der Waals surface area contributed by atoms with Crippen molar-refractivity contribution in [3.8, 4) is 0 Å². The van der Waals surface area contributed by atoms with E-state index in [1.807, 2.05) is 24.3 Å². The van der Waals surface area contributed by atoms with Crippen molar-refractivity contribution in [2.24, 2.45) is 4.40 Å². The minimum atomic E-state index is -3.75. The first kappa shape index (κ1) is 19.2. The Labute approximate surface area is 162 Å². The predicted octanol–water partition coefficient (Wildman–Crippen LogP) is 2.92. The fraction of sp³-hybridized carbons (Fsp3) is 0.278. The van der Waals surface area contributed by atoms with Crippen LogP contribution in [0.4, 0.5) is 5.69 Å². The third-order valence-corrected chi connectivity index (χ3v) is 6.13. The largest absolute Gasteiger partial charge is 0.362 e. The fourth-order valence-electron chi connectivity index (χ4n) is 2.61. The van der Waals surface area contributed by atoms with E-state index in [1.54, 1.807) is 18.2 Å². The number of carbonyl (C=O) groups is 1. The van der Waals surface area contributed by atoms with Gasteiger partial charge in [0.1, 0.15) is 5.84 Å². The van der Waals surface area contributed by atoms with Crippen LogP contribution in [-0.2, 0) is 14.8 Å². The molecule has 1 saturated heterocycles. The predicted molar refractivity (Wildman–Crippen MR) is 107 cm³/mol. The molecule has 1 aromatic heterocycles. The molecule has 1 amide bonds. The van der Waals surface area contributed by atoms with Gasteiger partial charge in [0.15, 0.2) is 0 Å². The van der Waals surface area contributed by atoms with Gasteiger partial charge in [-0.15, -0.1) is 15.7 Å². The molecule has 0 bridgehead atoms. The molecule has 3 rings (SSSR count). The van der Waals surface area contributed by atoms with Crippen LogP contribution in [0.5, 0.6) is 0 Å². The normalized spacial score (nSPS) is 16.4. The van der Waals surface area contributed by atoms with Gasteiger partial charge < -0.3 is 10.2 Å². The van der Waals surface area contributed by atoms with Crippen molar-refractivity contribution >= 4 is 44.9 Å². The van der Waals surface area contributed by atoms with Crippen LogP contribution < -0.4 is 5.32 Å². The third kappa shape index (κ3) is 5.01. The van der Waals surface area contributed by atoms with E-state index >= 15 is 0 Å². The Kier molecular flexibility index (Phi) is 5.71. The first-order valence-corrected chi connectivity index (χ1v) is 10.7. The zero-order valence-corrected chi connectivity index (χ0v) is 16.7. The molecule has 0 unspecified atom stereocenters. The molecule has 1 fully saturated rings. The van der Waals surface area contributed by atoms with Gasteiger partial charge in [-0.2, -0.15) is 8.42 Å². The Morgan fingerprint density at radius 2 is 2.07 bits per heavy atom. The maximum absolute atomic E-state index is 12.4. The molecule has 7 nitrogen and oxygen atoms in total. The highest BCUT2D eigenvalue weighted by Gasteiger charge is 2.20. The van der Waals surface area contributed by atoms with Crippen molar-refractivity contribution in [2.45, 2.75) is 24.7 Å². The molecule has 0 radical (unpaired) electrons. The monoisotopic (exact) mass is 404 g/mol. The summed E-state index contributed by atoms with van der Waals surface area (Å²) >= 11 is 1.51. The number of aryl methyl sites for hydroxylation is 1. The summed E-state index contributed by atoms with van der Waals surface area (Å²) in [5.41, 5.74) is 1.23. The number of hydrogen-bond acceptors (Lipinski definition) is 5. The van der Waals surface area contributed by atoms with E-state index in [-0.39, 0.29) is 10.8 Å². The van der Waals surface area contributed by atoms with Crippen LogP contribution in [0.1, 0.15) is 23.5 Å². The SMILES string of the molecule is Cc1nc(/C=C/C(=O)Nc2ccc(S(=O)(=O)/N=C3\CCCN3C)cc2)cs1. The lowest BCUT2D eigenvalue weighted by Gasteiger charge is -2.11. The lowest BCUT2D eigenvalue weighted by atomic mass is 10.3. The van der Waals surface area contributed by atoms with Crippen LogP contribution in [0.2, 0.25) is 0 Å². The molecule has 2 heterocycles. The summed E-state index contributed by atoms with van der Waals surface area (Å²) in [6.07, 6.45) is 4.59.